The van der Waals surface area contributed by atoms with E-state index in [0.717, 1.165) is 25.6 Å². The van der Waals surface area contributed by atoms with Crippen LogP contribution in [0, 0.1) is 11.8 Å². The number of nitrogens with zero attached hydrogens (tertiary/aromatic N) is 3. The van der Waals surface area contributed by atoms with Crippen LogP contribution in [-0.2, 0) is 6.54 Å². The highest BCUT2D eigenvalue weighted by Gasteiger charge is 2.18. The molecule has 0 radical (unpaired) electrons. The molecule has 5 nitrogen and oxygen atoms in total. The van der Waals surface area contributed by atoms with Crippen molar-refractivity contribution in [3.63, 3.8) is 0 Å². The molecule has 0 aromatic carbocycles. The van der Waals surface area contributed by atoms with Crippen molar-refractivity contribution in [3.05, 3.63) is 5.89 Å². The van der Waals surface area contributed by atoms with Gasteiger partial charge in [-0.15, -0.1) is 5.10 Å². The van der Waals surface area contributed by atoms with E-state index in [1.165, 1.54) is 19.3 Å². The van der Waals surface area contributed by atoms with E-state index in [4.69, 9.17) is 4.42 Å². The Labute approximate surface area is 115 Å². The van der Waals surface area contributed by atoms with Crippen molar-refractivity contribution in [3.8, 4) is 0 Å². The number of rotatable bonds is 5. The maximum Gasteiger partial charge on any atom is 0.318 e. The second kappa shape index (κ2) is 6.89. The topological polar surface area (TPSA) is 54.2 Å². The zero-order valence-corrected chi connectivity index (χ0v) is 12.4. The van der Waals surface area contributed by atoms with Crippen LogP contribution in [-0.4, -0.2) is 29.8 Å². The molecule has 1 aliphatic heterocycles. The van der Waals surface area contributed by atoms with Gasteiger partial charge in [-0.2, -0.15) is 0 Å². The second-order valence-corrected chi connectivity index (χ2v) is 6.03. The molecule has 19 heavy (non-hydrogen) atoms. The summed E-state index contributed by atoms with van der Waals surface area (Å²) in [6, 6.07) is 0.690. The van der Waals surface area contributed by atoms with Gasteiger partial charge in [0.15, 0.2) is 0 Å². The average Bonchev–Trinajstić information content (AvgIpc) is 2.71. The molecule has 0 amide bonds. The van der Waals surface area contributed by atoms with Crippen LogP contribution in [0.3, 0.4) is 0 Å². The van der Waals surface area contributed by atoms with E-state index in [0.29, 0.717) is 24.4 Å². The normalized spacial score (nSPS) is 20.8. The van der Waals surface area contributed by atoms with Gasteiger partial charge in [0.05, 0.1) is 6.54 Å². The fourth-order valence-electron chi connectivity index (χ4n) is 2.37. The number of hydrogen-bond donors (Lipinski definition) is 1. The van der Waals surface area contributed by atoms with E-state index in [1.54, 1.807) is 0 Å². The van der Waals surface area contributed by atoms with Crippen molar-refractivity contribution in [2.75, 3.05) is 24.5 Å². The molecule has 2 heterocycles. The summed E-state index contributed by atoms with van der Waals surface area (Å²) in [4.78, 5) is 2.22. The lowest BCUT2D eigenvalue weighted by Gasteiger charge is -2.16. The lowest BCUT2D eigenvalue weighted by atomic mass is 10.0. The summed E-state index contributed by atoms with van der Waals surface area (Å²) in [5.41, 5.74) is 0. The molecular formula is C14H26N4O. The Morgan fingerprint density at radius 2 is 2.16 bits per heavy atom. The number of nitrogens with one attached hydrogen (secondary N) is 1. The molecule has 1 fully saturated rings. The SMILES string of the molecule is CC(C)CNCc1nnc(N2CCCC(C)CC2)o1. The molecule has 1 aromatic heterocycles. The molecule has 1 atom stereocenters. The minimum atomic E-state index is 0.634. The first-order valence-electron chi connectivity index (χ1n) is 7.43. The van der Waals surface area contributed by atoms with Gasteiger partial charge >= 0.3 is 6.01 Å². The average molecular weight is 266 g/mol. The van der Waals surface area contributed by atoms with Crippen LogP contribution in [0.5, 0.6) is 0 Å². The van der Waals surface area contributed by atoms with Gasteiger partial charge in [-0.3, -0.25) is 0 Å². The highest BCUT2D eigenvalue weighted by atomic mass is 16.4. The smallest absolute Gasteiger partial charge is 0.318 e. The van der Waals surface area contributed by atoms with Gasteiger partial charge in [-0.05, 0) is 37.6 Å². The number of anilines is 1. The number of hydrogen-bond acceptors (Lipinski definition) is 5. The lowest BCUT2D eigenvalue weighted by Crippen LogP contribution is -2.24. The predicted octanol–water partition coefficient (Wildman–Crippen LogP) is 2.44. The molecule has 1 unspecified atom stereocenters. The Kier molecular flexibility index (Phi) is 5.19. The highest BCUT2D eigenvalue weighted by Crippen LogP contribution is 2.21. The molecule has 0 aliphatic carbocycles. The molecule has 0 spiro atoms. The fourth-order valence-corrected chi connectivity index (χ4v) is 2.37. The Morgan fingerprint density at radius 1 is 1.32 bits per heavy atom. The zero-order chi connectivity index (χ0) is 13.7. The summed E-state index contributed by atoms with van der Waals surface area (Å²) in [7, 11) is 0. The van der Waals surface area contributed by atoms with E-state index in [-0.39, 0.29) is 0 Å². The summed E-state index contributed by atoms with van der Waals surface area (Å²) in [5.74, 6) is 2.13. The Hall–Kier alpha value is -1.10. The molecule has 1 aliphatic rings. The Balaban J connectivity index is 1.85. The van der Waals surface area contributed by atoms with Gasteiger partial charge in [0.2, 0.25) is 5.89 Å². The molecule has 1 saturated heterocycles. The molecule has 1 N–H and O–H groups in total. The first-order chi connectivity index (χ1) is 9.15. The molecular weight excluding hydrogens is 240 g/mol. The van der Waals surface area contributed by atoms with E-state index in [2.05, 4.69) is 41.2 Å². The minimum Gasteiger partial charge on any atom is -0.407 e. The van der Waals surface area contributed by atoms with Crippen LogP contribution < -0.4 is 10.2 Å². The summed E-state index contributed by atoms with van der Waals surface area (Å²) < 4.78 is 5.74. The predicted molar refractivity (Wildman–Crippen MR) is 76.1 cm³/mol. The summed E-state index contributed by atoms with van der Waals surface area (Å²) >= 11 is 0. The van der Waals surface area contributed by atoms with Gasteiger partial charge in [0, 0.05) is 13.1 Å². The van der Waals surface area contributed by atoms with Crippen LogP contribution in [0.4, 0.5) is 6.01 Å². The monoisotopic (exact) mass is 266 g/mol. The molecule has 0 bridgehead atoms. The molecule has 2 rings (SSSR count). The third-order valence-electron chi connectivity index (χ3n) is 3.57. The van der Waals surface area contributed by atoms with E-state index in [9.17, 15) is 0 Å². The molecule has 1 aromatic rings. The second-order valence-electron chi connectivity index (χ2n) is 6.03. The van der Waals surface area contributed by atoms with E-state index < -0.39 is 0 Å². The molecule has 5 heteroatoms. The highest BCUT2D eigenvalue weighted by molar-refractivity contribution is 5.24. The van der Waals surface area contributed by atoms with Crippen LogP contribution in [0.2, 0.25) is 0 Å². The van der Waals surface area contributed by atoms with Crippen LogP contribution in [0.15, 0.2) is 4.42 Å². The zero-order valence-electron chi connectivity index (χ0n) is 12.4. The van der Waals surface area contributed by atoms with Crippen LogP contribution in [0.25, 0.3) is 0 Å². The quantitative estimate of drug-likeness (QED) is 0.887. The van der Waals surface area contributed by atoms with Gasteiger partial charge in [-0.25, -0.2) is 0 Å². The van der Waals surface area contributed by atoms with Gasteiger partial charge < -0.3 is 14.6 Å². The van der Waals surface area contributed by atoms with Crippen molar-refractivity contribution < 1.29 is 4.42 Å². The van der Waals surface area contributed by atoms with Gasteiger partial charge in [0.1, 0.15) is 0 Å². The largest absolute Gasteiger partial charge is 0.407 e. The first-order valence-corrected chi connectivity index (χ1v) is 7.43. The number of aromatic nitrogens is 2. The molecule has 108 valence electrons. The maximum atomic E-state index is 5.74. The molecule has 0 saturated carbocycles. The van der Waals surface area contributed by atoms with Crippen LogP contribution in [0.1, 0.15) is 45.9 Å². The third kappa shape index (κ3) is 4.49. The maximum absolute atomic E-state index is 5.74. The summed E-state index contributed by atoms with van der Waals surface area (Å²) in [6.45, 7) is 10.4. The van der Waals surface area contributed by atoms with Crippen molar-refractivity contribution in [1.82, 2.24) is 15.5 Å². The Bertz CT molecular complexity index is 377. The van der Waals surface area contributed by atoms with Gasteiger partial charge in [0.25, 0.3) is 0 Å². The summed E-state index contributed by atoms with van der Waals surface area (Å²) in [6.07, 6.45) is 3.72. The lowest BCUT2D eigenvalue weighted by molar-refractivity contribution is 0.446. The van der Waals surface area contributed by atoms with Gasteiger partial charge in [-0.1, -0.05) is 25.9 Å². The standard InChI is InChI=1S/C14H26N4O/c1-11(2)9-15-10-13-16-17-14(19-13)18-7-4-5-12(3)6-8-18/h11-12,15H,4-10H2,1-3H3. The van der Waals surface area contributed by atoms with Crippen molar-refractivity contribution in [1.29, 1.82) is 0 Å². The van der Waals surface area contributed by atoms with E-state index in [1.807, 2.05) is 0 Å². The fraction of sp³-hybridized carbons (Fsp3) is 0.857. The summed E-state index contributed by atoms with van der Waals surface area (Å²) in [5, 5.41) is 11.6. The van der Waals surface area contributed by atoms with Crippen LogP contribution >= 0.6 is 0 Å². The first kappa shape index (κ1) is 14.3. The third-order valence-corrected chi connectivity index (χ3v) is 3.57. The van der Waals surface area contributed by atoms with E-state index >= 15 is 0 Å². The van der Waals surface area contributed by atoms with Crippen molar-refractivity contribution in [2.45, 2.75) is 46.6 Å². The van der Waals surface area contributed by atoms with Crippen molar-refractivity contribution in [2.24, 2.45) is 11.8 Å². The van der Waals surface area contributed by atoms with Crippen molar-refractivity contribution >= 4 is 6.01 Å². The Morgan fingerprint density at radius 3 is 2.95 bits per heavy atom. The minimum absolute atomic E-state index is 0.634.